The summed E-state index contributed by atoms with van der Waals surface area (Å²) in [6, 6.07) is 25.7. The van der Waals surface area contributed by atoms with Crippen molar-refractivity contribution in [2.75, 3.05) is 9.80 Å². The fourth-order valence-corrected chi connectivity index (χ4v) is 13.7. The van der Waals surface area contributed by atoms with E-state index in [2.05, 4.69) is 135 Å². The molecule has 5 aliphatic carbocycles. The van der Waals surface area contributed by atoms with Gasteiger partial charge in [0.05, 0.1) is 16.8 Å². The van der Waals surface area contributed by atoms with Crippen molar-refractivity contribution >= 4 is 45.5 Å². The molecule has 4 saturated carbocycles. The van der Waals surface area contributed by atoms with Gasteiger partial charge >= 0.3 is 12.4 Å². The first-order valence-corrected chi connectivity index (χ1v) is 24.4. The van der Waals surface area contributed by atoms with E-state index in [1.807, 2.05) is 11.4 Å². The zero-order valence-electron chi connectivity index (χ0n) is 39.6. The third-order valence-electron chi connectivity index (χ3n) is 15.6. The molecular formula is C56H64F6N2S. The molecule has 10 rings (SSSR count). The quantitative estimate of drug-likeness (QED) is 0.150. The van der Waals surface area contributed by atoms with E-state index >= 15 is 0 Å². The zero-order valence-corrected chi connectivity index (χ0v) is 40.4. The van der Waals surface area contributed by atoms with Gasteiger partial charge in [-0.2, -0.15) is 26.3 Å². The van der Waals surface area contributed by atoms with Gasteiger partial charge in [0, 0.05) is 38.7 Å². The Balaban J connectivity index is 1.36. The van der Waals surface area contributed by atoms with Gasteiger partial charge in [-0.3, -0.25) is 0 Å². The summed E-state index contributed by atoms with van der Waals surface area (Å²) in [6.45, 7) is 21.8. The Kier molecular flexibility index (Phi) is 10.9. The topological polar surface area (TPSA) is 6.48 Å². The van der Waals surface area contributed by atoms with Gasteiger partial charge in [0.15, 0.2) is 0 Å². The van der Waals surface area contributed by atoms with Crippen LogP contribution in [0.2, 0.25) is 0 Å². The number of benzene rings is 4. The van der Waals surface area contributed by atoms with E-state index in [1.165, 1.54) is 30.4 Å². The molecule has 1 heterocycles. The second kappa shape index (κ2) is 15.4. The predicted octanol–water partition coefficient (Wildman–Crippen LogP) is 18.1. The molecule has 0 saturated heterocycles. The Hall–Kier alpha value is -4.24. The van der Waals surface area contributed by atoms with E-state index in [0.717, 1.165) is 77.3 Å². The Morgan fingerprint density at radius 1 is 0.492 bits per heavy atom. The van der Waals surface area contributed by atoms with E-state index in [0.29, 0.717) is 29.1 Å². The molecule has 4 aromatic carbocycles. The van der Waals surface area contributed by atoms with Crippen LogP contribution in [0.25, 0.3) is 0 Å². The van der Waals surface area contributed by atoms with Crippen LogP contribution in [0.15, 0.2) is 90.3 Å². The molecule has 5 aliphatic rings. The van der Waals surface area contributed by atoms with Crippen molar-refractivity contribution in [1.29, 1.82) is 0 Å². The number of halogens is 6. The van der Waals surface area contributed by atoms with Crippen LogP contribution in [0.3, 0.4) is 0 Å². The highest BCUT2D eigenvalue weighted by Gasteiger charge is 2.52. The number of hydrogen-bond donors (Lipinski definition) is 0. The van der Waals surface area contributed by atoms with Crippen LogP contribution in [0, 0.1) is 17.8 Å². The highest BCUT2D eigenvalue weighted by molar-refractivity contribution is 7.10. The van der Waals surface area contributed by atoms with Crippen molar-refractivity contribution < 1.29 is 26.3 Å². The molecule has 0 radical (unpaired) electrons. The maximum Gasteiger partial charge on any atom is 0.416 e. The monoisotopic (exact) mass is 910 g/mol. The first-order chi connectivity index (χ1) is 30.1. The summed E-state index contributed by atoms with van der Waals surface area (Å²) in [7, 11) is 0. The lowest BCUT2D eigenvalue weighted by Crippen LogP contribution is -2.48. The summed E-state index contributed by atoms with van der Waals surface area (Å²) in [5.41, 5.74) is 4.51. The van der Waals surface area contributed by atoms with E-state index < -0.39 is 28.9 Å². The summed E-state index contributed by atoms with van der Waals surface area (Å²) < 4.78 is 89.3. The lowest BCUT2D eigenvalue weighted by Gasteiger charge is -2.57. The average molecular weight is 911 g/mol. The third kappa shape index (κ3) is 8.54. The molecule has 0 spiro atoms. The van der Waals surface area contributed by atoms with Crippen molar-refractivity contribution in [2.45, 2.75) is 160 Å². The van der Waals surface area contributed by atoms with Gasteiger partial charge in [-0.15, -0.1) is 11.3 Å². The van der Waals surface area contributed by atoms with Gasteiger partial charge in [-0.05, 0) is 179 Å². The molecule has 5 aromatic rings. The van der Waals surface area contributed by atoms with Crippen LogP contribution < -0.4 is 9.80 Å². The van der Waals surface area contributed by atoms with Crippen molar-refractivity contribution in [2.24, 2.45) is 17.8 Å². The molecule has 0 aliphatic heterocycles. The highest BCUT2D eigenvalue weighted by atomic mass is 32.1. The van der Waals surface area contributed by atoms with Crippen molar-refractivity contribution in [3.63, 3.8) is 0 Å². The summed E-state index contributed by atoms with van der Waals surface area (Å²) in [6.07, 6.45) is -1.55. The molecule has 0 unspecified atom stereocenters. The van der Waals surface area contributed by atoms with Crippen LogP contribution in [-0.2, 0) is 39.4 Å². The minimum atomic E-state index is -5.02. The van der Waals surface area contributed by atoms with Gasteiger partial charge in [-0.25, -0.2) is 0 Å². The Morgan fingerprint density at radius 2 is 0.908 bits per heavy atom. The van der Waals surface area contributed by atoms with E-state index in [4.69, 9.17) is 0 Å². The van der Waals surface area contributed by atoms with Crippen LogP contribution in [0.5, 0.6) is 0 Å². The molecular weight excluding hydrogens is 847 g/mol. The lowest BCUT2D eigenvalue weighted by atomic mass is 9.48. The Bertz CT molecular complexity index is 2450. The summed E-state index contributed by atoms with van der Waals surface area (Å²) in [5.74, 6) is 1.79. The number of thiophene rings is 1. The van der Waals surface area contributed by atoms with E-state index in [9.17, 15) is 26.3 Å². The Morgan fingerprint density at radius 3 is 1.34 bits per heavy atom. The third-order valence-corrected chi connectivity index (χ3v) is 16.9. The fourth-order valence-electron chi connectivity index (χ4n) is 12.3. The number of fused-ring (bicyclic) bond motifs is 1. The van der Waals surface area contributed by atoms with Gasteiger partial charge in [0.2, 0.25) is 0 Å². The van der Waals surface area contributed by atoms with E-state index in [1.54, 1.807) is 16.2 Å². The van der Waals surface area contributed by atoms with Gasteiger partial charge in [-0.1, -0.05) is 93.5 Å². The predicted molar refractivity (Wildman–Crippen MR) is 256 cm³/mol. The number of rotatable bonds is 7. The molecule has 2 nitrogen and oxygen atoms in total. The fraction of sp³-hybridized carbons (Fsp3) is 0.500. The molecule has 0 atom stereocenters. The molecule has 4 bridgehead atoms. The standard InChI is InChI=1S/C56H64F6N2S/c1-50(2,3)37-11-15-42(16-12-37)63(43-17-13-38(14-18-43)51(4,5)6)45-25-39(54-30-34-21-35(31-54)23-36(22-34)32-54)26-46(29-45)64(44-27-40(55(57,58)59)24-41(28-44)56(60,61)62)47-33-65-49-48(47)52(7,8)19-20-53(49,9)10/h11-18,24-29,33-36H,19-23,30-32H2,1-10H3. The number of alkyl halides is 6. The van der Waals surface area contributed by atoms with Gasteiger partial charge < -0.3 is 9.80 Å². The minimum absolute atomic E-state index is 0.0912. The van der Waals surface area contributed by atoms with Crippen molar-refractivity contribution in [1.82, 2.24) is 0 Å². The van der Waals surface area contributed by atoms with Crippen LogP contribution in [0.1, 0.15) is 159 Å². The number of nitrogens with zero attached hydrogens (tertiary/aromatic N) is 2. The molecule has 346 valence electrons. The largest absolute Gasteiger partial charge is 0.416 e. The molecule has 0 N–H and O–H groups in total. The van der Waals surface area contributed by atoms with Gasteiger partial charge in [0.25, 0.3) is 0 Å². The molecule has 65 heavy (non-hydrogen) atoms. The zero-order chi connectivity index (χ0) is 46.9. The second-order valence-electron chi connectivity index (χ2n) is 23.6. The normalized spacial score (nSPS) is 23.7. The number of anilines is 6. The minimum Gasteiger partial charge on any atom is -0.310 e. The molecule has 4 fully saturated rings. The molecule has 9 heteroatoms. The van der Waals surface area contributed by atoms with Crippen LogP contribution in [0.4, 0.5) is 60.5 Å². The molecule has 0 amide bonds. The smallest absolute Gasteiger partial charge is 0.310 e. The Labute approximate surface area is 386 Å². The first-order valence-electron chi connectivity index (χ1n) is 23.5. The van der Waals surface area contributed by atoms with Gasteiger partial charge in [0.1, 0.15) is 0 Å². The first kappa shape index (κ1) is 45.9. The van der Waals surface area contributed by atoms with Crippen molar-refractivity contribution in [3.05, 3.63) is 129 Å². The maximum absolute atomic E-state index is 14.9. The second-order valence-corrected chi connectivity index (χ2v) is 24.4. The lowest BCUT2D eigenvalue weighted by molar-refractivity contribution is -0.143. The average Bonchev–Trinajstić information content (AvgIpc) is 3.66. The summed E-state index contributed by atoms with van der Waals surface area (Å²) in [4.78, 5) is 5.10. The van der Waals surface area contributed by atoms with Crippen LogP contribution in [-0.4, -0.2) is 0 Å². The maximum atomic E-state index is 14.9. The number of hydrogen-bond acceptors (Lipinski definition) is 3. The summed E-state index contributed by atoms with van der Waals surface area (Å²) >= 11 is 1.56. The highest BCUT2D eigenvalue weighted by Crippen LogP contribution is 2.62. The van der Waals surface area contributed by atoms with Crippen molar-refractivity contribution in [3.8, 4) is 0 Å². The SMILES string of the molecule is CC(C)(C)c1ccc(N(c2ccc(C(C)(C)C)cc2)c2cc(N(c3cc(C(F)(F)F)cc(C(F)(F)F)c3)c3csc4c3C(C)(C)CCC4(C)C)cc(C34CC5CC(CC(C5)C3)C4)c2)cc1. The van der Waals surface area contributed by atoms with Crippen LogP contribution >= 0.6 is 11.3 Å². The summed E-state index contributed by atoms with van der Waals surface area (Å²) in [5, 5.41) is 1.98. The van der Waals surface area contributed by atoms with E-state index in [-0.39, 0.29) is 33.4 Å². The molecule has 1 aromatic heterocycles.